The topological polar surface area (TPSA) is 71.3 Å². The lowest BCUT2D eigenvalue weighted by Crippen LogP contribution is -2.41. The maximum atomic E-state index is 12.5. The summed E-state index contributed by atoms with van der Waals surface area (Å²) in [5.74, 6) is 1.25. The molecule has 1 saturated heterocycles. The molecule has 3 aromatic rings. The van der Waals surface area contributed by atoms with Crippen LogP contribution in [-0.4, -0.2) is 34.0 Å². The lowest BCUT2D eigenvalue weighted by atomic mass is 10.0. The minimum Gasteiger partial charge on any atom is -0.351 e. The summed E-state index contributed by atoms with van der Waals surface area (Å²) >= 11 is 1.59. The van der Waals surface area contributed by atoms with Crippen molar-refractivity contribution in [3.63, 3.8) is 0 Å². The number of amides is 1. The molecule has 146 valence electrons. The molecule has 0 radical (unpaired) electrons. The smallest absolute Gasteiger partial charge is 0.244 e. The van der Waals surface area contributed by atoms with Crippen molar-refractivity contribution >= 4 is 17.2 Å². The molecule has 1 aliphatic rings. The van der Waals surface area contributed by atoms with Gasteiger partial charge < -0.3 is 9.84 Å². The molecule has 6 nitrogen and oxygen atoms in total. The Bertz CT molecular complexity index is 905. The second-order valence-corrected chi connectivity index (χ2v) is 8.13. The lowest BCUT2D eigenvalue weighted by Gasteiger charge is -2.32. The van der Waals surface area contributed by atoms with Crippen LogP contribution >= 0.6 is 11.3 Å². The van der Waals surface area contributed by atoms with Gasteiger partial charge in [0.25, 0.3) is 0 Å². The van der Waals surface area contributed by atoms with Crippen molar-refractivity contribution in [2.45, 2.75) is 38.8 Å². The number of likely N-dealkylation sites (tertiary alicyclic amines) is 1. The molecule has 7 heteroatoms. The fourth-order valence-corrected chi connectivity index (χ4v) is 4.13. The number of rotatable bonds is 6. The van der Waals surface area contributed by atoms with Crippen LogP contribution in [0.15, 0.2) is 46.3 Å². The van der Waals surface area contributed by atoms with Gasteiger partial charge in [-0.15, -0.1) is 11.3 Å². The van der Waals surface area contributed by atoms with E-state index in [1.165, 1.54) is 5.56 Å². The zero-order valence-corrected chi connectivity index (χ0v) is 16.7. The minimum atomic E-state index is 0.0000807. The molecule has 4 rings (SSSR count). The number of nitrogens with zero attached hydrogens (tertiary/aromatic N) is 3. The van der Waals surface area contributed by atoms with Gasteiger partial charge in [0, 0.05) is 6.54 Å². The molecule has 0 unspecified atom stereocenters. The zero-order chi connectivity index (χ0) is 19.3. The molecular formula is C21H24N4O2S. The molecule has 0 saturated carbocycles. The first kappa shape index (κ1) is 18.8. The van der Waals surface area contributed by atoms with E-state index in [2.05, 4.69) is 39.4 Å². The van der Waals surface area contributed by atoms with Crippen LogP contribution in [0.2, 0.25) is 0 Å². The van der Waals surface area contributed by atoms with E-state index in [9.17, 15) is 4.79 Å². The number of piperidine rings is 1. The highest BCUT2D eigenvalue weighted by Gasteiger charge is 2.30. The number of hydrogen-bond acceptors (Lipinski definition) is 6. The van der Waals surface area contributed by atoms with Crippen molar-refractivity contribution in [2.75, 3.05) is 13.1 Å². The van der Waals surface area contributed by atoms with E-state index in [0.717, 1.165) is 36.2 Å². The van der Waals surface area contributed by atoms with Gasteiger partial charge in [0.1, 0.15) is 0 Å². The van der Waals surface area contributed by atoms with E-state index >= 15 is 0 Å². The van der Waals surface area contributed by atoms with Crippen molar-refractivity contribution in [3.05, 3.63) is 58.8 Å². The first-order valence-electron chi connectivity index (χ1n) is 9.63. The van der Waals surface area contributed by atoms with E-state index in [4.69, 9.17) is 4.52 Å². The van der Waals surface area contributed by atoms with Gasteiger partial charge in [-0.1, -0.05) is 47.5 Å². The molecule has 2 aromatic heterocycles. The van der Waals surface area contributed by atoms with Gasteiger partial charge in [0.15, 0.2) is 0 Å². The molecule has 1 atom stereocenters. The standard InChI is InChI=1S/C21H24N4O2S/c1-15-7-9-16(10-8-15)13-22-19(26)14-25-11-3-2-5-17(25)21-23-20(24-27-21)18-6-4-12-28-18/h4,6-10,12,17H,2-3,5,11,13-14H2,1H3,(H,22,26)/t17-/m0/s1. The third-order valence-electron chi connectivity index (χ3n) is 5.04. The third-order valence-corrected chi connectivity index (χ3v) is 5.90. The maximum absolute atomic E-state index is 12.5. The van der Waals surface area contributed by atoms with Gasteiger partial charge in [-0.2, -0.15) is 4.98 Å². The van der Waals surface area contributed by atoms with Gasteiger partial charge in [0.2, 0.25) is 17.6 Å². The predicted molar refractivity (Wildman–Crippen MR) is 109 cm³/mol. The second-order valence-electron chi connectivity index (χ2n) is 7.18. The molecule has 0 spiro atoms. The van der Waals surface area contributed by atoms with Gasteiger partial charge >= 0.3 is 0 Å². The number of hydrogen-bond donors (Lipinski definition) is 1. The highest BCUT2D eigenvalue weighted by Crippen LogP contribution is 2.31. The molecule has 0 bridgehead atoms. The van der Waals surface area contributed by atoms with Crippen LogP contribution < -0.4 is 5.32 Å². The summed E-state index contributed by atoms with van der Waals surface area (Å²) in [6.45, 7) is 3.80. The van der Waals surface area contributed by atoms with Gasteiger partial charge in [-0.05, 0) is 43.3 Å². The Balaban J connectivity index is 1.38. The molecular weight excluding hydrogens is 372 g/mol. The normalized spacial score (nSPS) is 17.5. The molecule has 0 aliphatic carbocycles. The summed E-state index contributed by atoms with van der Waals surface area (Å²) in [4.78, 5) is 20.2. The first-order chi connectivity index (χ1) is 13.7. The minimum absolute atomic E-state index is 0.0000807. The Morgan fingerprint density at radius 3 is 2.93 bits per heavy atom. The Morgan fingerprint density at radius 1 is 1.29 bits per heavy atom. The highest BCUT2D eigenvalue weighted by molar-refractivity contribution is 7.13. The summed E-state index contributed by atoms with van der Waals surface area (Å²) in [6, 6.07) is 12.2. The Kier molecular flexibility index (Phi) is 5.83. The van der Waals surface area contributed by atoms with E-state index < -0.39 is 0 Å². The molecule has 3 heterocycles. The average molecular weight is 397 g/mol. The van der Waals surface area contributed by atoms with Crippen LogP contribution in [-0.2, 0) is 11.3 Å². The van der Waals surface area contributed by atoms with E-state index in [1.807, 2.05) is 29.6 Å². The lowest BCUT2D eigenvalue weighted by molar-refractivity contribution is -0.123. The summed E-state index contributed by atoms with van der Waals surface area (Å²) < 4.78 is 5.55. The fourth-order valence-electron chi connectivity index (χ4n) is 3.48. The van der Waals surface area contributed by atoms with Crippen LogP contribution in [0.4, 0.5) is 0 Å². The number of carbonyl (C=O) groups excluding carboxylic acids is 1. The molecule has 1 fully saturated rings. The monoisotopic (exact) mass is 396 g/mol. The van der Waals surface area contributed by atoms with Crippen LogP contribution in [0.5, 0.6) is 0 Å². The first-order valence-corrected chi connectivity index (χ1v) is 10.5. The maximum Gasteiger partial charge on any atom is 0.244 e. The van der Waals surface area contributed by atoms with Crippen LogP contribution in [0.1, 0.15) is 42.3 Å². The Labute approximate surface area is 168 Å². The van der Waals surface area contributed by atoms with Crippen LogP contribution in [0.3, 0.4) is 0 Å². The molecule has 1 N–H and O–H groups in total. The number of aryl methyl sites for hydroxylation is 1. The van der Waals surface area contributed by atoms with E-state index in [0.29, 0.717) is 24.8 Å². The van der Waals surface area contributed by atoms with Gasteiger partial charge in [-0.3, -0.25) is 9.69 Å². The summed E-state index contributed by atoms with van der Waals surface area (Å²) in [7, 11) is 0. The number of nitrogens with one attached hydrogen (secondary N) is 1. The second kappa shape index (κ2) is 8.67. The quantitative estimate of drug-likeness (QED) is 0.683. The SMILES string of the molecule is Cc1ccc(CNC(=O)CN2CCCC[C@H]2c2nc(-c3cccs3)no2)cc1. The largest absolute Gasteiger partial charge is 0.351 e. The van der Waals surface area contributed by atoms with Crippen LogP contribution in [0, 0.1) is 6.92 Å². The predicted octanol–water partition coefficient (Wildman–Crippen LogP) is 3.95. The summed E-state index contributed by atoms with van der Waals surface area (Å²) in [5.41, 5.74) is 2.32. The fraction of sp³-hybridized carbons (Fsp3) is 0.381. The summed E-state index contributed by atoms with van der Waals surface area (Å²) in [5, 5.41) is 9.14. The molecule has 1 aliphatic heterocycles. The van der Waals surface area contributed by atoms with E-state index in [-0.39, 0.29) is 11.9 Å². The Morgan fingerprint density at radius 2 is 2.14 bits per heavy atom. The number of benzene rings is 1. The highest BCUT2D eigenvalue weighted by atomic mass is 32.1. The van der Waals surface area contributed by atoms with Gasteiger partial charge in [0.05, 0.1) is 17.5 Å². The van der Waals surface area contributed by atoms with Crippen molar-refractivity contribution in [1.82, 2.24) is 20.4 Å². The van der Waals surface area contributed by atoms with Crippen LogP contribution in [0.25, 0.3) is 10.7 Å². The van der Waals surface area contributed by atoms with Crippen molar-refractivity contribution in [2.24, 2.45) is 0 Å². The van der Waals surface area contributed by atoms with Crippen molar-refractivity contribution < 1.29 is 9.32 Å². The molecule has 28 heavy (non-hydrogen) atoms. The van der Waals surface area contributed by atoms with Gasteiger partial charge in [-0.25, -0.2) is 0 Å². The Hall–Kier alpha value is -2.51. The van der Waals surface area contributed by atoms with E-state index in [1.54, 1.807) is 11.3 Å². The molecule has 1 aromatic carbocycles. The number of aromatic nitrogens is 2. The summed E-state index contributed by atoms with van der Waals surface area (Å²) in [6.07, 6.45) is 3.11. The molecule has 1 amide bonds. The number of carbonyl (C=O) groups is 1. The number of thiophene rings is 1. The zero-order valence-electron chi connectivity index (χ0n) is 15.9. The van der Waals surface area contributed by atoms with Crippen molar-refractivity contribution in [1.29, 1.82) is 0 Å². The van der Waals surface area contributed by atoms with Crippen molar-refractivity contribution in [3.8, 4) is 10.7 Å². The third kappa shape index (κ3) is 4.48. The average Bonchev–Trinajstić information content (AvgIpc) is 3.40.